The Balaban J connectivity index is 2.93. The average molecular weight is 191 g/mol. The van der Waals surface area contributed by atoms with Crippen molar-refractivity contribution in [2.45, 2.75) is 0 Å². The van der Waals surface area contributed by atoms with Crippen molar-refractivity contribution in [1.29, 1.82) is 0 Å². The van der Waals surface area contributed by atoms with Gasteiger partial charge in [-0.1, -0.05) is 30.3 Å². The summed E-state index contributed by atoms with van der Waals surface area (Å²) in [7, 11) is 0. The number of carbonyl (C=O) groups excluding carboxylic acids is 1. The highest BCUT2D eigenvalue weighted by Gasteiger charge is 2.04. The molecule has 0 aliphatic heterocycles. The first-order valence-electron chi connectivity index (χ1n) is 3.94. The zero-order valence-electron chi connectivity index (χ0n) is 7.31. The Morgan fingerprint density at radius 2 is 1.93 bits per heavy atom. The molecule has 14 heavy (non-hydrogen) atoms. The molecule has 1 rings (SSSR count). The fraction of sp³-hybridized carbons (Fsp3) is 0. The summed E-state index contributed by atoms with van der Waals surface area (Å²) in [6.07, 6.45) is 1.72. The number of benzene rings is 1. The van der Waals surface area contributed by atoms with Crippen LogP contribution in [0.15, 0.2) is 36.0 Å². The number of carbonyl (C=O) groups is 2. The van der Waals surface area contributed by atoms with Crippen LogP contribution in [0, 0.1) is 0 Å². The largest absolute Gasteiger partial charge is 0.477 e. The summed E-state index contributed by atoms with van der Waals surface area (Å²) in [4.78, 5) is 20.7. The van der Waals surface area contributed by atoms with Gasteiger partial charge in [0.05, 0.1) is 0 Å². The van der Waals surface area contributed by atoms with Gasteiger partial charge >= 0.3 is 5.97 Å². The number of hydrogen-bond donors (Lipinski definition) is 2. The van der Waals surface area contributed by atoms with Crippen LogP contribution in [-0.4, -0.2) is 17.5 Å². The maximum Gasteiger partial charge on any atom is 0.352 e. The van der Waals surface area contributed by atoms with Gasteiger partial charge in [0.15, 0.2) is 0 Å². The van der Waals surface area contributed by atoms with Crippen LogP contribution in [0.25, 0.3) is 6.08 Å². The second-order valence-electron chi connectivity index (χ2n) is 2.54. The van der Waals surface area contributed by atoms with Crippen molar-refractivity contribution < 1.29 is 14.7 Å². The van der Waals surface area contributed by atoms with Crippen LogP contribution < -0.4 is 5.32 Å². The van der Waals surface area contributed by atoms with Crippen molar-refractivity contribution in [3.8, 4) is 0 Å². The van der Waals surface area contributed by atoms with Crippen molar-refractivity contribution in [3.05, 3.63) is 41.6 Å². The summed E-state index contributed by atoms with van der Waals surface area (Å²) in [6.45, 7) is 0. The van der Waals surface area contributed by atoms with Crippen LogP contribution in [0.2, 0.25) is 0 Å². The van der Waals surface area contributed by atoms with Crippen molar-refractivity contribution in [3.63, 3.8) is 0 Å². The minimum absolute atomic E-state index is 0.147. The third-order valence-corrected chi connectivity index (χ3v) is 1.56. The van der Waals surface area contributed by atoms with Crippen LogP contribution >= 0.6 is 0 Å². The molecule has 0 aliphatic carbocycles. The molecular formula is C10H9NO3. The van der Waals surface area contributed by atoms with E-state index in [9.17, 15) is 9.59 Å². The first-order valence-corrected chi connectivity index (χ1v) is 3.94. The monoisotopic (exact) mass is 191 g/mol. The predicted octanol–water partition coefficient (Wildman–Crippen LogP) is 0.858. The standard InChI is InChI=1S/C10H9NO3/c12-7-11-9(10(13)14)6-8-4-2-1-3-5-8/h1-7H,(H,11,12)(H,13,14)/b9-6+. The molecule has 1 amide bonds. The number of carboxylic acids is 1. The molecule has 72 valence electrons. The fourth-order valence-corrected chi connectivity index (χ4v) is 0.945. The quantitative estimate of drug-likeness (QED) is 0.548. The van der Waals surface area contributed by atoms with Gasteiger partial charge in [-0.3, -0.25) is 4.79 Å². The third kappa shape index (κ3) is 2.75. The van der Waals surface area contributed by atoms with Crippen LogP contribution in [0.4, 0.5) is 0 Å². The van der Waals surface area contributed by atoms with Crippen LogP contribution in [0.1, 0.15) is 5.56 Å². The molecule has 0 saturated heterocycles. The van der Waals surface area contributed by atoms with E-state index in [1.807, 2.05) is 6.07 Å². The Bertz CT molecular complexity index is 357. The molecule has 1 aromatic carbocycles. The maximum atomic E-state index is 10.6. The first kappa shape index (κ1) is 9.98. The Morgan fingerprint density at radius 3 is 2.43 bits per heavy atom. The Morgan fingerprint density at radius 1 is 1.29 bits per heavy atom. The van der Waals surface area contributed by atoms with Gasteiger partial charge < -0.3 is 10.4 Å². The number of rotatable bonds is 4. The molecule has 0 heterocycles. The average Bonchev–Trinajstić information content (AvgIpc) is 2.18. The van der Waals surface area contributed by atoms with Crippen LogP contribution in [0.3, 0.4) is 0 Å². The molecular weight excluding hydrogens is 182 g/mol. The molecule has 0 bridgehead atoms. The molecule has 1 aromatic rings. The SMILES string of the molecule is O=CN/C(=C/c1ccccc1)C(=O)O. The molecule has 4 heteroatoms. The lowest BCUT2D eigenvalue weighted by Crippen LogP contribution is -2.17. The van der Waals surface area contributed by atoms with Gasteiger partial charge in [-0.25, -0.2) is 4.79 Å². The Labute approximate surface area is 80.9 Å². The van der Waals surface area contributed by atoms with Gasteiger partial charge in [0, 0.05) is 0 Å². The van der Waals surface area contributed by atoms with Crippen molar-refractivity contribution in [1.82, 2.24) is 5.32 Å². The van der Waals surface area contributed by atoms with E-state index >= 15 is 0 Å². The van der Waals surface area contributed by atoms with Gasteiger partial charge in [0.25, 0.3) is 0 Å². The minimum atomic E-state index is -1.17. The first-order chi connectivity index (χ1) is 6.74. The third-order valence-electron chi connectivity index (χ3n) is 1.56. The van der Waals surface area contributed by atoms with E-state index in [2.05, 4.69) is 5.32 Å². The van der Waals surface area contributed by atoms with Crippen molar-refractivity contribution in [2.75, 3.05) is 0 Å². The van der Waals surface area contributed by atoms with Gasteiger partial charge in [0.2, 0.25) is 6.41 Å². The van der Waals surface area contributed by atoms with Crippen molar-refractivity contribution >= 4 is 18.5 Å². The van der Waals surface area contributed by atoms with Gasteiger partial charge in [0.1, 0.15) is 5.70 Å². The molecule has 0 aliphatic rings. The lowest BCUT2D eigenvalue weighted by atomic mass is 10.2. The molecule has 2 N–H and O–H groups in total. The fourth-order valence-electron chi connectivity index (χ4n) is 0.945. The van der Waals surface area contributed by atoms with Gasteiger partial charge in [-0.2, -0.15) is 0 Å². The van der Waals surface area contributed by atoms with E-state index < -0.39 is 5.97 Å². The molecule has 0 radical (unpaired) electrons. The second-order valence-corrected chi connectivity index (χ2v) is 2.54. The molecule has 0 atom stereocenters. The number of amides is 1. The Kier molecular flexibility index (Phi) is 3.43. The van der Waals surface area contributed by atoms with E-state index in [-0.39, 0.29) is 5.70 Å². The predicted molar refractivity (Wildman–Crippen MR) is 51.3 cm³/mol. The maximum absolute atomic E-state index is 10.6. The number of nitrogens with one attached hydrogen (secondary N) is 1. The molecule has 0 spiro atoms. The summed E-state index contributed by atoms with van der Waals surface area (Å²) in [6, 6.07) is 8.88. The lowest BCUT2D eigenvalue weighted by Gasteiger charge is -1.99. The normalized spacial score (nSPS) is 10.7. The van der Waals surface area contributed by atoms with Gasteiger partial charge in [-0.05, 0) is 11.6 Å². The van der Waals surface area contributed by atoms with E-state index in [0.717, 1.165) is 5.56 Å². The molecule has 4 nitrogen and oxygen atoms in total. The molecule has 0 unspecified atom stereocenters. The van der Waals surface area contributed by atoms with E-state index in [0.29, 0.717) is 6.41 Å². The van der Waals surface area contributed by atoms with E-state index in [4.69, 9.17) is 5.11 Å². The highest BCUT2D eigenvalue weighted by molar-refractivity contribution is 5.93. The molecule has 0 fully saturated rings. The zero-order chi connectivity index (χ0) is 10.4. The lowest BCUT2D eigenvalue weighted by molar-refractivity contribution is -0.133. The molecule has 0 saturated carbocycles. The summed E-state index contributed by atoms with van der Waals surface area (Å²) < 4.78 is 0. The van der Waals surface area contributed by atoms with Crippen LogP contribution in [-0.2, 0) is 9.59 Å². The smallest absolute Gasteiger partial charge is 0.352 e. The summed E-state index contributed by atoms with van der Waals surface area (Å²) in [5.41, 5.74) is 0.574. The highest BCUT2D eigenvalue weighted by Crippen LogP contribution is 2.04. The number of carboxylic acid groups (broad SMARTS) is 1. The summed E-state index contributed by atoms with van der Waals surface area (Å²) in [5.74, 6) is -1.17. The second kappa shape index (κ2) is 4.81. The van der Waals surface area contributed by atoms with E-state index in [1.54, 1.807) is 24.3 Å². The van der Waals surface area contributed by atoms with Crippen LogP contribution in [0.5, 0.6) is 0 Å². The summed E-state index contributed by atoms with van der Waals surface area (Å²) >= 11 is 0. The van der Waals surface area contributed by atoms with Gasteiger partial charge in [-0.15, -0.1) is 0 Å². The summed E-state index contributed by atoms with van der Waals surface area (Å²) in [5, 5.41) is 10.8. The molecule has 0 aromatic heterocycles. The van der Waals surface area contributed by atoms with Crippen molar-refractivity contribution in [2.24, 2.45) is 0 Å². The Hall–Kier alpha value is -2.10. The minimum Gasteiger partial charge on any atom is -0.477 e. The van der Waals surface area contributed by atoms with E-state index in [1.165, 1.54) is 6.08 Å². The zero-order valence-corrected chi connectivity index (χ0v) is 7.31. The topological polar surface area (TPSA) is 66.4 Å². The number of aliphatic carboxylic acids is 1. The number of hydrogen-bond acceptors (Lipinski definition) is 2. The highest BCUT2D eigenvalue weighted by atomic mass is 16.4.